The number of benzene rings is 2. The molecule has 2 aromatic carbocycles. The Bertz CT molecular complexity index is 1140. The number of hydrogen-bond acceptors (Lipinski definition) is 4. The van der Waals surface area contributed by atoms with Crippen LogP contribution in [0, 0.1) is 5.82 Å². The smallest absolute Gasteiger partial charge is 0.338 e. The van der Waals surface area contributed by atoms with Crippen LogP contribution in [0.25, 0.3) is 11.0 Å². The van der Waals surface area contributed by atoms with Crippen LogP contribution in [-0.4, -0.2) is 22.1 Å². The average molecular weight is 436 g/mol. The number of halogens is 1. The van der Waals surface area contributed by atoms with Gasteiger partial charge in [0.25, 0.3) is 0 Å². The number of esters is 1. The topological polar surface area (TPSA) is 56.1 Å². The van der Waals surface area contributed by atoms with Crippen LogP contribution in [-0.2, 0) is 9.53 Å². The molecule has 1 aromatic heterocycles. The zero-order valence-electron chi connectivity index (χ0n) is 18.7. The molecule has 2 heterocycles. The lowest BCUT2D eigenvalue weighted by atomic mass is 9.94. The first-order valence-electron chi connectivity index (χ1n) is 11.5. The van der Waals surface area contributed by atoms with Crippen molar-refractivity contribution in [3.05, 3.63) is 71.2 Å². The van der Waals surface area contributed by atoms with E-state index in [2.05, 4.69) is 17.2 Å². The summed E-state index contributed by atoms with van der Waals surface area (Å²) in [6, 6.07) is 13.6. The largest absolute Gasteiger partial charge is 0.462 e. The molecule has 0 radical (unpaired) electrons. The molecule has 1 atom stereocenters. The molecule has 0 saturated carbocycles. The third-order valence-electron chi connectivity index (χ3n) is 5.98. The van der Waals surface area contributed by atoms with Crippen molar-refractivity contribution in [2.24, 2.45) is 0 Å². The van der Waals surface area contributed by atoms with Gasteiger partial charge in [-0.25, -0.2) is 14.2 Å². The van der Waals surface area contributed by atoms with Gasteiger partial charge in [-0.05, 0) is 31.5 Å². The molecule has 0 fully saturated rings. The average Bonchev–Trinajstić information content (AvgIpc) is 3.15. The molecular weight excluding hydrogens is 405 g/mol. The SMILES string of the molecule is CCCCCCCCOC(=O)C1=C(C)Nc2nc3ccccc3n2[C@H]1c1ccccc1F. The van der Waals surface area contributed by atoms with Gasteiger partial charge >= 0.3 is 5.97 Å². The molecule has 168 valence electrons. The number of carbonyl (C=O) groups excluding carboxylic acids is 1. The van der Waals surface area contributed by atoms with Gasteiger partial charge in [0, 0.05) is 11.3 Å². The third-order valence-corrected chi connectivity index (χ3v) is 5.98. The van der Waals surface area contributed by atoms with Crippen LogP contribution in [0.15, 0.2) is 59.8 Å². The quantitative estimate of drug-likeness (QED) is 0.313. The van der Waals surface area contributed by atoms with Gasteiger partial charge in [0.1, 0.15) is 5.82 Å². The number of para-hydroxylation sites is 2. The molecule has 3 aromatic rings. The van der Waals surface area contributed by atoms with Crippen LogP contribution < -0.4 is 5.32 Å². The van der Waals surface area contributed by atoms with Crippen LogP contribution >= 0.6 is 0 Å². The number of unbranched alkanes of at least 4 members (excludes halogenated alkanes) is 5. The van der Waals surface area contributed by atoms with E-state index in [4.69, 9.17) is 4.74 Å². The van der Waals surface area contributed by atoms with E-state index in [0.29, 0.717) is 29.4 Å². The molecule has 0 bridgehead atoms. The number of nitrogens with zero attached hydrogens (tertiary/aromatic N) is 2. The van der Waals surface area contributed by atoms with Gasteiger partial charge in [-0.3, -0.25) is 4.57 Å². The Morgan fingerprint density at radius 3 is 2.59 bits per heavy atom. The van der Waals surface area contributed by atoms with E-state index < -0.39 is 12.0 Å². The van der Waals surface area contributed by atoms with Crippen molar-refractivity contribution in [1.82, 2.24) is 9.55 Å². The van der Waals surface area contributed by atoms with Crippen molar-refractivity contribution < 1.29 is 13.9 Å². The number of hydrogen-bond donors (Lipinski definition) is 1. The van der Waals surface area contributed by atoms with Crippen molar-refractivity contribution >= 4 is 23.0 Å². The van der Waals surface area contributed by atoms with Crippen molar-refractivity contribution in [3.63, 3.8) is 0 Å². The minimum absolute atomic E-state index is 0.364. The summed E-state index contributed by atoms with van der Waals surface area (Å²) in [7, 11) is 0. The van der Waals surface area contributed by atoms with Crippen LogP contribution in [0.2, 0.25) is 0 Å². The van der Waals surface area contributed by atoms with E-state index in [0.717, 1.165) is 30.3 Å². The van der Waals surface area contributed by atoms with E-state index in [-0.39, 0.29) is 5.82 Å². The minimum Gasteiger partial charge on any atom is -0.462 e. The van der Waals surface area contributed by atoms with Crippen molar-refractivity contribution in [2.75, 3.05) is 11.9 Å². The zero-order valence-corrected chi connectivity index (χ0v) is 18.7. The molecule has 1 aliphatic heterocycles. The number of aromatic nitrogens is 2. The highest BCUT2D eigenvalue weighted by Crippen LogP contribution is 2.40. The number of rotatable bonds is 9. The summed E-state index contributed by atoms with van der Waals surface area (Å²) < 4.78 is 22.5. The summed E-state index contributed by atoms with van der Waals surface area (Å²) in [5.41, 5.74) is 3.08. The lowest BCUT2D eigenvalue weighted by molar-refractivity contribution is -0.139. The number of ether oxygens (including phenoxy) is 1. The molecule has 5 nitrogen and oxygen atoms in total. The third kappa shape index (κ3) is 4.40. The highest BCUT2D eigenvalue weighted by Gasteiger charge is 2.36. The second-order valence-electron chi connectivity index (χ2n) is 8.29. The Labute approximate surface area is 188 Å². The van der Waals surface area contributed by atoms with Gasteiger partial charge in [-0.15, -0.1) is 0 Å². The number of allylic oxidation sites excluding steroid dienone is 1. The molecular formula is C26H30FN3O2. The Balaban J connectivity index is 1.63. The number of imidazole rings is 1. The van der Waals surface area contributed by atoms with E-state index in [1.807, 2.05) is 35.8 Å². The normalized spacial score (nSPS) is 15.5. The summed E-state index contributed by atoms with van der Waals surface area (Å²) in [5, 5.41) is 3.23. The minimum atomic E-state index is -0.656. The first kappa shape index (κ1) is 22.1. The van der Waals surface area contributed by atoms with Crippen molar-refractivity contribution in [1.29, 1.82) is 0 Å². The molecule has 0 unspecified atom stereocenters. The van der Waals surface area contributed by atoms with Crippen molar-refractivity contribution in [2.45, 2.75) is 58.4 Å². The lowest BCUT2D eigenvalue weighted by Gasteiger charge is -2.30. The monoisotopic (exact) mass is 435 g/mol. The van der Waals surface area contributed by atoms with E-state index in [9.17, 15) is 9.18 Å². The maximum atomic E-state index is 15.0. The summed E-state index contributed by atoms with van der Waals surface area (Å²) in [6.45, 7) is 4.37. The van der Waals surface area contributed by atoms with Crippen LogP contribution in [0.5, 0.6) is 0 Å². The summed E-state index contributed by atoms with van der Waals surface area (Å²) in [4.78, 5) is 17.9. The van der Waals surface area contributed by atoms with Gasteiger partial charge in [0.05, 0.1) is 29.3 Å². The van der Waals surface area contributed by atoms with Crippen LogP contribution in [0.4, 0.5) is 10.3 Å². The van der Waals surface area contributed by atoms with E-state index in [1.54, 1.807) is 18.2 Å². The Morgan fingerprint density at radius 2 is 1.78 bits per heavy atom. The predicted octanol–water partition coefficient (Wildman–Crippen LogP) is 6.37. The summed E-state index contributed by atoms with van der Waals surface area (Å²) >= 11 is 0. The van der Waals surface area contributed by atoms with E-state index >= 15 is 0 Å². The first-order valence-corrected chi connectivity index (χ1v) is 11.5. The number of nitrogens with one attached hydrogen (secondary N) is 1. The highest BCUT2D eigenvalue weighted by atomic mass is 19.1. The molecule has 1 N–H and O–H groups in total. The second-order valence-corrected chi connectivity index (χ2v) is 8.29. The molecule has 0 spiro atoms. The summed E-state index contributed by atoms with van der Waals surface area (Å²) in [5.74, 6) is -0.193. The predicted molar refractivity (Wildman–Crippen MR) is 125 cm³/mol. The first-order chi connectivity index (χ1) is 15.6. The molecule has 1 aliphatic rings. The molecule has 0 aliphatic carbocycles. The fourth-order valence-corrected chi connectivity index (χ4v) is 4.34. The second kappa shape index (κ2) is 9.98. The van der Waals surface area contributed by atoms with Gasteiger partial charge in [-0.1, -0.05) is 69.4 Å². The van der Waals surface area contributed by atoms with Gasteiger partial charge in [0.2, 0.25) is 5.95 Å². The Morgan fingerprint density at radius 1 is 1.06 bits per heavy atom. The summed E-state index contributed by atoms with van der Waals surface area (Å²) in [6.07, 6.45) is 6.68. The maximum absolute atomic E-state index is 15.0. The maximum Gasteiger partial charge on any atom is 0.338 e. The number of anilines is 1. The molecule has 4 rings (SSSR count). The molecule has 0 amide bonds. The highest BCUT2D eigenvalue weighted by molar-refractivity contribution is 5.94. The van der Waals surface area contributed by atoms with Crippen molar-refractivity contribution in [3.8, 4) is 0 Å². The lowest BCUT2D eigenvalue weighted by Crippen LogP contribution is -2.29. The fraction of sp³-hybridized carbons (Fsp3) is 0.385. The van der Waals surface area contributed by atoms with Gasteiger partial charge in [-0.2, -0.15) is 0 Å². The van der Waals surface area contributed by atoms with E-state index in [1.165, 1.54) is 25.3 Å². The molecule has 0 saturated heterocycles. The molecule has 32 heavy (non-hydrogen) atoms. The fourth-order valence-electron chi connectivity index (χ4n) is 4.34. The van der Waals surface area contributed by atoms with Crippen LogP contribution in [0.1, 0.15) is 64.0 Å². The number of fused-ring (bicyclic) bond motifs is 3. The van der Waals surface area contributed by atoms with Crippen LogP contribution in [0.3, 0.4) is 0 Å². The van der Waals surface area contributed by atoms with Gasteiger partial charge < -0.3 is 10.1 Å². The number of carbonyl (C=O) groups is 1. The Kier molecular flexibility index (Phi) is 6.88. The molecule has 6 heteroatoms. The zero-order chi connectivity index (χ0) is 22.5. The Hall–Kier alpha value is -3.15. The standard InChI is InChI=1S/C26H30FN3O2/c1-3-4-5-6-7-12-17-32-25(31)23-18(2)28-26-29-21-15-10-11-16-22(21)30(26)24(23)19-13-8-9-14-20(19)27/h8-11,13-16,24H,3-7,12,17H2,1-2H3,(H,28,29)/t24-/m0/s1. The van der Waals surface area contributed by atoms with Gasteiger partial charge in [0.15, 0.2) is 0 Å².